The third kappa shape index (κ3) is 2.62. The summed E-state index contributed by atoms with van der Waals surface area (Å²) in [6.07, 6.45) is -4.56. The molecule has 8 heteroatoms. The number of benzene rings is 1. The molecule has 98 valence electrons. The molecule has 0 aliphatic rings. The van der Waals surface area contributed by atoms with Gasteiger partial charge in [0.25, 0.3) is 0 Å². The zero-order chi connectivity index (χ0) is 12.5. The van der Waals surface area contributed by atoms with Gasteiger partial charge in [0.2, 0.25) is 5.82 Å². The van der Waals surface area contributed by atoms with Crippen LogP contribution in [-0.4, -0.2) is 14.8 Å². The Morgan fingerprint density at radius 2 is 1.72 bits per heavy atom. The summed E-state index contributed by atoms with van der Waals surface area (Å²) < 4.78 is 39.1. The quantitative estimate of drug-likeness (QED) is 0.916. The van der Waals surface area contributed by atoms with Crippen molar-refractivity contribution in [2.75, 3.05) is 0 Å². The Kier molecular flexibility index (Phi) is 4.31. The van der Waals surface area contributed by atoms with Crippen LogP contribution in [0.4, 0.5) is 13.2 Å². The van der Waals surface area contributed by atoms with E-state index in [1.165, 1.54) is 12.1 Å². The van der Waals surface area contributed by atoms with E-state index in [1.807, 2.05) is 0 Å². The van der Waals surface area contributed by atoms with E-state index in [1.54, 1.807) is 18.2 Å². The van der Waals surface area contributed by atoms with Crippen molar-refractivity contribution in [1.29, 1.82) is 0 Å². The molecule has 0 saturated heterocycles. The Balaban J connectivity index is 0.00000162. The number of alkyl halides is 3. The molecule has 0 bridgehead atoms. The highest BCUT2D eigenvalue weighted by Crippen LogP contribution is 2.30. The smallest absolute Gasteiger partial charge is 0.324 e. The Morgan fingerprint density at radius 3 is 2.22 bits per heavy atom. The van der Waals surface area contributed by atoms with Crippen LogP contribution in [-0.2, 0) is 12.7 Å². The first kappa shape index (κ1) is 14.5. The molecule has 0 amide bonds. The summed E-state index contributed by atoms with van der Waals surface area (Å²) in [5, 5.41) is 6.59. The van der Waals surface area contributed by atoms with E-state index in [0.29, 0.717) is 5.69 Å². The van der Waals surface area contributed by atoms with Crippen molar-refractivity contribution < 1.29 is 13.2 Å². The van der Waals surface area contributed by atoms with Crippen molar-refractivity contribution in [2.45, 2.75) is 12.7 Å². The van der Waals surface area contributed by atoms with E-state index in [9.17, 15) is 13.2 Å². The SMILES string of the molecule is Cl.NCc1nnc(C(F)(F)F)n1-c1ccccc1. The van der Waals surface area contributed by atoms with Crippen LogP contribution in [0.3, 0.4) is 0 Å². The molecular weight excluding hydrogens is 269 g/mol. The summed E-state index contributed by atoms with van der Waals surface area (Å²) in [6.45, 7) is -0.113. The largest absolute Gasteiger partial charge is 0.452 e. The second-order valence-electron chi connectivity index (χ2n) is 3.31. The van der Waals surface area contributed by atoms with Gasteiger partial charge in [-0.2, -0.15) is 13.2 Å². The lowest BCUT2D eigenvalue weighted by molar-refractivity contribution is -0.146. The molecule has 1 heterocycles. The monoisotopic (exact) mass is 278 g/mol. The van der Waals surface area contributed by atoms with Crippen molar-refractivity contribution in [2.24, 2.45) is 5.73 Å². The van der Waals surface area contributed by atoms with Crippen molar-refractivity contribution in [3.05, 3.63) is 42.0 Å². The number of hydrogen-bond acceptors (Lipinski definition) is 3. The van der Waals surface area contributed by atoms with Gasteiger partial charge in [0, 0.05) is 5.69 Å². The Morgan fingerprint density at radius 1 is 1.11 bits per heavy atom. The number of rotatable bonds is 2. The van der Waals surface area contributed by atoms with Gasteiger partial charge in [-0.3, -0.25) is 4.57 Å². The molecule has 2 aromatic rings. The van der Waals surface area contributed by atoms with E-state index >= 15 is 0 Å². The van der Waals surface area contributed by atoms with Gasteiger partial charge in [0.05, 0.1) is 6.54 Å². The van der Waals surface area contributed by atoms with E-state index in [0.717, 1.165) is 4.57 Å². The van der Waals surface area contributed by atoms with Crippen molar-refractivity contribution in [3.8, 4) is 5.69 Å². The fraction of sp³-hybridized carbons (Fsp3) is 0.200. The topological polar surface area (TPSA) is 56.7 Å². The summed E-state index contributed by atoms with van der Waals surface area (Å²) in [5.74, 6) is -0.993. The molecule has 0 aliphatic carbocycles. The fourth-order valence-electron chi connectivity index (χ4n) is 1.48. The van der Waals surface area contributed by atoms with Gasteiger partial charge < -0.3 is 5.73 Å². The number of nitrogens with two attached hydrogens (primary N) is 1. The maximum Gasteiger partial charge on any atom is 0.452 e. The molecule has 1 aromatic heterocycles. The van der Waals surface area contributed by atoms with Gasteiger partial charge in [-0.25, -0.2) is 0 Å². The molecule has 0 atom stereocenters. The first-order chi connectivity index (χ1) is 8.04. The van der Waals surface area contributed by atoms with E-state index in [4.69, 9.17) is 5.73 Å². The van der Waals surface area contributed by atoms with Crippen LogP contribution in [0.2, 0.25) is 0 Å². The second-order valence-corrected chi connectivity index (χ2v) is 3.31. The lowest BCUT2D eigenvalue weighted by Crippen LogP contribution is -2.16. The Hall–Kier alpha value is -1.60. The van der Waals surface area contributed by atoms with E-state index < -0.39 is 12.0 Å². The highest BCUT2D eigenvalue weighted by atomic mass is 35.5. The number of aromatic nitrogens is 3. The first-order valence-electron chi connectivity index (χ1n) is 4.81. The molecule has 0 radical (unpaired) electrons. The molecule has 0 unspecified atom stereocenters. The highest BCUT2D eigenvalue weighted by Gasteiger charge is 2.38. The van der Waals surface area contributed by atoms with Crippen LogP contribution in [0.15, 0.2) is 30.3 Å². The van der Waals surface area contributed by atoms with Crippen LogP contribution >= 0.6 is 12.4 Å². The molecule has 0 spiro atoms. The molecule has 2 rings (SSSR count). The standard InChI is InChI=1S/C10H9F3N4.ClH/c11-10(12,13)9-16-15-8(6-14)17(9)7-4-2-1-3-5-7;/h1-5H,6,14H2;1H. The number of halogens is 4. The molecule has 2 N–H and O–H groups in total. The van der Waals surface area contributed by atoms with Crippen molar-refractivity contribution in [3.63, 3.8) is 0 Å². The molecule has 1 aromatic carbocycles. The number of hydrogen-bond donors (Lipinski definition) is 1. The molecular formula is C10H10ClF3N4. The maximum absolute atomic E-state index is 12.7. The van der Waals surface area contributed by atoms with Gasteiger partial charge in [-0.05, 0) is 12.1 Å². The third-order valence-corrected chi connectivity index (χ3v) is 2.18. The molecule has 0 aliphatic heterocycles. The van der Waals surface area contributed by atoms with E-state index in [2.05, 4.69) is 10.2 Å². The maximum atomic E-state index is 12.7. The van der Waals surface area contributed by atoms with Gasteiger partial charge in [0.15, 0.2) is 5.82 Å². The minimum Gasteiger partial charge on any atom is -0.324 e. The van der Waals surface area contributed by atoms with Gasteiger partial charge in [0.1, 0.15) is 0 Å². The van der Waals surface area contributed by atoms with Crippen LogP contribution in [0.1, 0.15) is 11.6 Å². The summed E-state index contributed by atoms with van der Waals surface area (Å²) in [4.78, 5) is 0. The van der Waals surface area contributed by atoms with E-state index in [-0.39, 0.29) is 24.8 Å². The normalized spacial score (nSPS) is 11.1. The average Bonchev–Trinajstić information content (AvgIpc) is 2.73. The molecule has 0 fully saturated rings. The fourth-order valence-corrected chi connectivity index (χ4v) is 1.48. The highest BCUT2D eigenvalue weighted by molar-refractivity contribution is 5.85. The summed E-state index contributed by atoms with van der Waals surface area (Å²) in [6, 6.07) is 8.06. The van der Waals surface area contributed by atoms with Crippen molar-refractivity contribution in [1.82, 2.24) is 14.8 Å². The molecule has 18 heavy (non-hydrogen) atoms. The summed E-state index contributed by atoms with van der Waals surface area (Å²) in [7, 11) is 0. The second kappa shape index (κ2) is 5.36. The zero-order valence-electron chi connectivity index (χ0n) is 9.05. The zero-order valence-corrected chi connectivity index (χ0v) is 9.87. The third-order valence-electron chi connectivity index (χ3n) is 2.18. The van der Waals surface area contributed by atoms with Crippen LogP contribution < -0.4 is 5.73 Å². The van der Waals surface area contributed by atoms with Crippen LogP contribution in [0.25, 0.3) is 5.69 Å². The van der Waals surface area contributed by atoms with Crippen LogP contribution in [0, 0.1) is 0 Å². The minimum atomic E-state index is -4.56. The lowest BCUT2D eigenvalue weighted by Gasteiger charge is -2.11. The average molecular weight is 279 g/mol. The lowest BCUT2D eigenvalue weighted by atomic mass is 10.3. The predicted molar refractivity (Wildman–Crippen MR) is 61.5 cm³/mol. The number of nitrogens with zero attached hydrogens (tertiary/aromatic N) is 3. The molecule has 4 nitrogen and oxygen atoms in total. The summed E-state index contributed by atoms with van der Waals surface area (Å²) >= 11 is 0. The van der Waals surface area contributed by atoms with Crippen molar-refractivity contribution >= 4 is 12.4 Å². The van der Waals surface area contributed by atoms with Gasteiger partial charge >= 0.3 is 6.18 Å². The Bertz CT molecular complexity index is 510. The van der Waals surface area contributed by atoms with Crippen LogP contribution in [0.5, 0.6) is 0 Å². The molecule has 0 saturated carbocycles. The predicted octanol–water partition coefficient (Wildman–Crippen LogP) is 2.17. The Labute approximate surface area is 107 Å². The minimum absolute atomic E-state index is 0. The van der Waals surface area contributed by atoms with Gasteiger partial charge in [-0.1, -0.05) is 18.2 Å². The number of para-hydroxylation sites is 1. The first-order valence-corrected chi connectivity index (χ1v) is 4.81. The van der Waals surface area contributed by atoms with Gasteiger partial charge in [-0.15, -0.1) is 22.6 Å². The summed E-state index contributed by atoms with van der Waals surface area (Å²) in [5.41, 5.74) is 5.69.